The Morgan fingerprint density at radius 3 is 2.79 bits per heavy atom. The van der Waals surface area contributed by atoms with Gasteiger partial charge in [-0.3, -0.25) is 14.7 Å². The third-order valence-electron chi connectivity index (χ3n) is 5.27. The molecule has 1 saturated heterocycles. The summed E-state index contributed by atoms with van der Waals surface area (Å²) in [6.07, 6.45) is 0. The predicted molar refractivity (Wildman–Crippen MR) is 114 cm³/mol. The van der Waals surface area contributed by atoms with Gasteiger partial charge in [0.15, 0.2) is 5.58 Å². The Bertz CT molecular complexity index is 1060. The molecule has 1 aliphatic heterocycles. The van der Waals surface area contributed by atoms with Gasteiger partial charge >= 0.3 is 5.76 Å². The first-order valence-corrected chi connectivity index (χ1v) is 10.0. The number of rotatable bonds is 5. The lowest BCUT2D eigenvalue weighted by molar-refractivity contribution is 0.0947. The molecule has 1 aliphatic rings. The average Bonchev–Trinajstić information content (AvgIpc) is 3.08. The number of carbonyl (C=O) groups is 1. The largest absolute Gasteiger partial charge is 0.417 e. The second kappa shape index (κ2) is 8.31. The summed E-state index contributed by atoms with van der Waals surface area (Å²) in [6.45, 7) is 6.34. The zero-order valence-electron chi connectivity index (χ0n) is 16.2. The summed E-state index contributed by atoms with van der Waals surface area (Å²) in [6, 6.07) is 13.2. The third-order valence-corrected chi connectivity index (χ3v) is 5.52. The molecule has 2 heterocycles. The van der Waals surface area contributed by atoms with Gasteiger partial charge in [-0.15, -0.1) is 0 Å². The Hall–Kier alpha value is -2.77. The number of benzene rings is 2. The number of aromatic amines is 1. The number of halogens is 1. The van der Waals surface area contributed by atoms with E-state index in [0.717, 1.165) is 31.2 Å². The number of anilines is 1. The highest BCUT2D eigenvalue weighted by atomic mass is 35.5. The van der Waals surface area contributed by atoms with Crippen LogP contribution in [0.3, 0.4) is 0 Å². The van der Waals surface area contributed by atoms with Crippen LogP contribution < -0.4 is 16.0 Å². The molecule has 152 valence electrons. The lowest BCUT2D eigenvalue weighted by atomic mass is 10.1. The van der Waals surface area contributed by atoms with Crippen LogP contribution in [-0.2, 0) is 0 Å². The summed E-state index contributed by atoms with van der Waals surface area (Å²) in [4.78, 5) is 30.9. The number of amides is 1. The maximum absolute atomic E-state index is 12.4. The van der Waals surface area contributed by atoms with E-state index in [-0.39, 0.29) is 5.91 Å². The minimum absolute atomic E-state index is 0.177. The number of aromatic nitrogens is 1. The molecule has 4 rings (SSSR count). The Kier molecular flexibility index (Phi) is 5.60. The number of piperazine rings is 1. The number of hydrogen-bond acceptors (Lipinski definition) is 5. The molecule has 0 saturated carbocycles. The summed E-state index contributed by atoms with van der Waals surface area (Å²) < 4.78 is 5.01. The van der Waals surface area contributed by atoms with Crippen molar-refractivity contribution in [2.75, 3.05) is 37.6 Å². The number of fused-ring (bicyclic) bond motifs is 1. The first-order valence-electron chi connectivity index (χ1n) is 9.65. The van der Waals surface area contributed by atoms with E-state index >= 15 is 0 Å². The standard InChI is InChI=1S/C21H23ClN4O3/c1-14-13-25(10-11-26(14)17-5-3-16(22)4-6-17)9-8-23-20(27)15-2-7-18-19(12-15)29-21(28)24-18/h2-7,12,14H,8-11,13H2,1H3,(H,23,27)(H,24,28)/t14-/m1/s1. The van der Waals surface area contributed by atoms with Crippen molar-refractivity contribution in [1.82, 2.24) is 15.2 Å². The quantitative estimate of drug-likeness (QED) is 0.670. The van der Waals surface area contributed by atoms with Crippen LogP contribution in [0.15, 0.2) is 51.7 Å². The fourth-order valence-corrected chi connectivity index (χ4v) is 3.89. The topological polar surface area (TPSA) is 81.6 Å². The molecule has 0 bridgehead atoms. The van der Waals surface area contributed by atoms with Crippen LogP contribution in [0.2, 0.25) is 5.02 Å². The first kappa shape index (κ1) is 19.5. The minimum atomic E-state index is -0.524. The monoisotopic (exact) mass is 414 g/mol. The molecule has 2 aromatic carbocycles. The maximum atomic E-state index is 12.4. The molecule has 1 aromatic heterocycles. The van der Waals surface area contributed by atoms with Gasteiger partial charge in [0, 0.05) is 55.0 Å². The molecule has 1 amide bonds. The fraction of sp³-hybridized carbons (Fsp3) is 0.333. The van der Waals surface area contributed by atoms with Crippen molar-refractivity contribution >= 4 is 34.3 Å². The van der Waals surface area contributed by atoms with Crippen molar-refractivity contribution < 1.29 is 9.21 Å². The molecular weight excluding hydrogens is 392 g/mol. The minimum Gasteiger partial charge on any atom is -0.408 e. The molecule has 0 radical (unpaired) electrons. The number of carbonyl (C=O) groups excluding carboxylic acids is 1. The highest BCUT2D eigenvalue weighted by Crippen LogP contribution is 2.22. The zero-order chi connectivity index (χ0) is 20.4. The summed E-state index contributed by atoms with van der Waals surface area (Å²) in [5.74, 6) is -0.701. The molecule has 0 aliphatic carbocycles. The van der Waals surface area contributed by atoms with Gasteiger partial charge in [-0.25, -0.2) is 4.79 Å². The van der Waals surface area contributed by atoms with Crippen LogP contribution in [-0.4, -0.2) is 54.6 Å². The van der Waals surface area contributed by atoms with Crippen molar-refractivity contribution in [2.24, 2.45) is 0 Å². The van der Waals surface area contributed by atoms with E-state index in [9.17, 15) is 9.59 Å². The van der Waals surface area contributed by atoms with Crippen LogP contribution in [0.5, 0.6) is 0 Å². The molecule has 0 unspecified atom stereocenters. The van der Waals surface area contributed by atoms with E-state index in [2.05, 4.69) is 39.2 Å². The lowest BCUT2D eigenvalue weighted by Gasteiger charge is -2.41. The number of oxazole rings is 1. The Balaban J connectivity index is 1.27. The molecule has 3 aromatic rings. The molecule has 8 heteroatoms. The number of nitrogens with zero attached hydrogens (tertiary/aromatic N) is 2. The van der Waals surface area contributed by atoms with E-state index in [4.69, 9.17) is 16.0 Å². The highest BCUT2D eigenvalue weighted by Gasteiger charge is 2.23. The van der Waals surface area contributed by atoms with Gasteiger partial charge in [-0.1, -0.05) is 11.6 Å². The third kappa shape index (κ3) is 4.46. The van der Waals surface area contributed by atoms with Gasteiger partial charge in [-0.05, 0) is 49.4 Å². The van der Waals surface area contributed by atoms with Gasteiger partial charge in [0.05, 0.1) is 5.52 Å². The normalized spacial score (nSPS) is 17.6. The smallest absolute Gasteiger partial charge is 0.408 e. The van der Waals surface area contributed by atoms with Crippen molar-refractivity contribution in [1.29, 1.82) is 0 Å². The van der Waals surface area contributed by atoms with Crippen LogP contribution in [0.1, 0.15) is 17.3 Å². The molecule has 2 N–H and O–H groups in total. The Morgan fingerprint density at radius 2 is 2.03 bits per heavy atom. The van der Waals surface area contributed by atoms with E-state index in [1.165, 1.54) is 5.69 Å². The lowest BCUT2D eigenvalue weighted by Crippen LogP contribution is -2.53. The van der Waals surface area contributed by atoms with Gasteiger partial charge in [0.25, 0.3) is 5.91 Å². The molecule has 1 atom stereocenters. The van der Waals surface area contributed by atoms with E-state index in [1.807, 2.05) is 12.1 Å². The molecule has 7 nitrogen and oxygen atoms in total. The Morgan fingerprint density at radius 1 is 1.24 bits per heavy atom. The van der Waals surface area contributed by atoms with E-state index in [0.29, 0.717) is 29.2 Å². The second-order valence-electron chi connectivity index (χ2n) is 7.30. The first-order chi connectivity index (χ1) is 14.0. The predicted octanol–water partition coefficient (Wildman–Crippen LogP) is 2.71. The molecule has 1 fully saturated rings. The van der Waals surface area contributed by atoms with Crippen molar-refractivity contribution in [3.63, 3.8) is 0 Å². The fourth-order valence-electron chi connectivity index (χ4n) is 3.77. The molecule has 0 spiro atoms. The highest BCUT2D eigenvalue weighted by molar-refractivity contribution is 6.30. The average molecular weight is 415 g/mol. The summed E-state index contributed by atoms with van der Waals surface area (Å²) in [5, 5.41) is 3.69. The second-order valence-corrected chi connectivity index (χ2v) is 7.74. The van der Waals surface area contributed by atoms with Crippen LogP contribution in [0, 0.1) is 0 Å². The summed E-state index contributed by atoms with van der Waals surface area (Å²) >= 11 is 5.99. The maximum Gasteiger partial charge on any atom is 0.417 e. The molecule has 29 heavy (non-hydrogen) atoms. The van der Waals surface area contributed by atoms with E-state index in [1.54, 1.807) is 18.2 Å². The molecular formula is C21H23ClN4O3. The van der Waals surface area contributed by atoms with Crippen LogP contribution >= 0.6 is 11.6 Å². The van der Waals surface area contributed by atoms with Crippen molar-refractivity contribution in [3.8, 4) is 0 Å². The van der Waals surface area contributed by atoms with Crippen molar-refractivity contribution in [2.45, 2.75) is 13.0 Å². The van der Waals surface area contributed by atoms with Gasteiger partial charge in [0.1, 0.15) is 0 Å². The van der Waals surface area contributed by atoms with E-state index < -0.39 is 5.76 Å². The van der Waals surface area contributed by atoms with Crippen LogP contribution in [0.4, 0.5) is 5.69 Å². The summed E-state index contributed by atoms with van der Waals surface area (Å²) in [7, 11) is 0. The van der Waals surface area contributed by atoms with Crippen molar-refractivity contribution in [3.05, 3.63) is 63.6 Å². The SMILES string of the molecule is C[C@@H]1CN(CCNC(=O)c2ccc3[nH]c(=O)oc3c2)CCN1c1ccc(Cl)cc1. The Labute approximate surface area is 173 Å². The van der Waals surface area contributed by atoms with Crippen LogP contribution in [0.25, 0.3) is 11.1 Å². The van der Waals surface area contributed by atoms with Gasteiger partial charge < -0.3 is 14.6 Å². The number of nitrogens with one attached hydrogen (secondary N) is 2. The van der Waals surface area contributed by atoms with Gasteiger partial charge in [-0.2, -0.15) is 0 Å². The number of H-pyrrole nitrogens is 1. The van der Waals surface area contributed by atoms with Gasteiger partial charge in [0.2, 0.25) is 0 Å². The summed E-state index contributed by atoms with van der Waals surface area (Å²) in [5.41, 5.74) is 2.62. The zero-order valence-corrected chi connectivity index (χ0v) is 16.9. The number of hydrogen-bond donors (Lipinski definition) is 2.